The predicted molar refractivity (Wildman–Crippen MR) is 87.4 cm³/mol. The molecule has 1 saturated heterocycles. The number of pyridine rings is 1. The first-order chi connectivity index (χ1) is 9.90. The minimum atomic E-state index is 0.634. The summed E-state index contributed by atoms with van der Waals surface area (Å²) in [6.07, 6.45) is 8.44. The zero-order valence-electron chi connectivity index (χ0n) is 12.5. The van der Waals surface area contributed by atoms with E-state index in [9.17, 15) is 0 Å². The maximum Gasteiger partial charge on any atom is 0.0482 e. The highest BCUT2D eigenvalue weighted by atomic mass is 32.2. The summed E-state index contributed by atoms with van der Waals surface area (Å²) >= 11 is 2.13. The number of hydrogen-bond donors (Lipinski definition) is 1. The van der Waals surface area contributed by atoms with Crippen LogP contribution in [0.15, 0.2) is 18.3 Å². The summed E-state index contributed by atoms with van der Waals surface area (Å²) in [7, 11) is 0. The Morgan fingerprint density at radius 3 is 3.20 bits per heavy atom. The monoisotopic (exact) mass is 290 g/mol. The third kappa shape index (κ3) is 3.04. The van der Waals surface area contributed by atoms with Crippen molar-refractivity contribution >= 4 is 11.8 Å². The number of thioether (sulfide) groups is 1. The molecule has 0 bridgehead atoms. The van der Waals surface area contributed by atoms with E-state index in [0.717, 1.165) is 12.5 Å². The summed E-state index contributed by atoms with van der Waals surface area (Å²) in [6.45, 7) is 3.41. The molecule has 110 valence electrons. The van der Waals surface area contributed by atoms with E-state index in [-0.39, 0.29) is 0 Å². The van der Waals surface area contributed by atoms with Gasteiger partial charge >= 0.3 is 0 Å². The van der Waals surface area contributed by atoms with E-state index in [1.807, 2.05) is 6.20 Å². The molecule has 0 radical (unpaired) electrons. The molecule has 3 rings (SSSR count). The van der Waals surface area contributed by atoms with Crippen LogP contribution >= 0.6 is 11.8 Å². The number of nitrogens with zero attached hydrogens (tertiary/aromatic N) is 1. The van der Waals surface area contributed by atoms with Crippen LogP contribution in [0, 0.1) is 5.92 Å². The highest BCUT2D eigenvalue weighted by molar-refractivity contribution is 7.99. The van der Waals surface area contributed by atoms with Crippen molar-refractivity contribution in [1.29, 1.82) is 0 Å². The van der Waals surface area contributed by atoms with Crippen molar-refractivity contribution < 1.29 is 0 Å². The van der Waals surface area contributed by atoms with Crippen LogP contribution in [0.2, 0.25) is 0 Å². The molecular formula is C17H26N2S. The van der Waals surface area contributed by atoms with Gasteiger partial charge in [0.05, 0.1) is 0 Å². The maximum absolute atomic E-state index is 4.75. The standard InChI is InChI=1S/C17H26N2S/c1-2-9-18-17(14-8-11-20-12-14)15-7-3-5-13-6-4-10-19-16(13)15/h4,6,10,14-15,17-18H,2-3,5,7-9,11-12H2,1H3. The van der Waals surface area contributed by atoms with Crippen LogP contribution in [0.3, 0.4) is 0 Å². The predicted octanol–water partition coefficient (Wildman–Crippen LogP) is 3.62. The van der Waals surface area contributed by atoms with Gasteiger partial charge in [-0.1, -0.05) is 13.0 Å². The summed E-state index contributed by atoms with van der Waals surface area (Å²) in [5.74, 6) is 4.15. The molecule has 1 aromatic rings. The third-order valence-electron chi connectivity index (χ3n) is 4.77. The average molecular weight is 290 g/mol. The van der Waals surface area contributed by atoms with Gasteiger partial charge in [-0.05, 0) is 67.7 Å². The Hall–Kier alpha value is -0.540. The lowest BCUT2D eigenvalue weighted by molar-refractivity contribution is 0.302. The van der Waals surface area contributed by atoms with Gasteiger partial charge in [0.25, 0.3) is 0 Å². The molecular weight excluding hydrogens is 264 g/mol. The Labute approximate surface area is 127 Å². The average Bonchev–Trinajstić information content (AvgIpc) is 3.02. The lowest BCUT2D eigenvalue weighted by Gasteiger charge is -2.35. The van der Waals surface area contributed by atoms with Crippen molar-refractivity contribution in [2.45, 2.75) is 51.0 Å². The molecule has 1 aromatic heterocycles. The van der Waals surface area contributed by atoms with Gasteiger partial charge in [-0.25, -0.2) is 0 Å². The molecule has 3 unspecified atom stereocenters. The second-order valence-electron chi connectivity index (χ2n) is 6.15. The number of hydrogen-bond acceptors (Lipinski definition) is 3. The summed E-state index contributed by atoms with van der Waals surface area (Å²) in [5.41, 5.74) is 2.89. The fraction of sp³-hybridized carbons (Fsp3) is 0.706. The minimum absolute atomic E-state index is 0.634. The van der Waals surface area contributed by atoms with Crippen LogP contribution in [-0.4, -0.2) is 29.1 Å². The molecule has 1 aliphatic carbocycles. The van der Waals surface area contributed by atoms with Gasteiger partial charge in [-0.2, -0.15) is 11.8 Å². The molecule has 0 spiro atoms. The number of nitrogens with one attached hydrogen (secondary N) is 1. The van der Waals surface area contributed by atoms with Crippen LogP contribution < -0.4 is 5.32 Å². The Kier molecular flexibility index (Phi) is 5.00. The SMILES string of the molecule is CCCNC(C1CCSC1)C1CCCc2cccnc21. The fourth-order valence-corrected chi connectivity index (χ4v) is 5.09. The van der Waals surface area contributed by atoms with Crippen LogP contribution in [0.4, 0.5) is 0 Å². The molecule has 3 atom stereocenters. The number of fused-ring (bicyclic) bond motifs is 1. The van der Waals surface area contributed by atoms with Crippen LogP contribution in [0.25, 0.3) is 0 Å². The van der Waals surface area contributed by atoms with Gasteiger partial charge in [-0.15, -0.1) is 0 Å². The van der Waals surface area contributed by atoms with Crippen molar-refractivity contribution in [3.8, 4) is 0 Å². The zero-order valence-corrected chi connectivity index (χ0v) is 13.3. The summed E-state index contributed by atoms with van der Waals surface area (Å²) in [4.78, 5) is 4.75. The Bertz CT molecular complexity index is 429. The van der Waals surface area contributed by atoms with Crippen LogP contribution in [0.5, 0.6) is 0 Å². The topological polar surface area (TPSA) is 24.9 Å². The van der Waals surface area contributed by atoms with Gasteiger partial charge in [0.15, 0.2) is 0 Å². The highest BCUT2D eigenvalue weighted by Gasteiger charge is 2.35. The third-order valence-corrected chi connectivity index (χ3v) is 5.96. The van der Waals surface area contributed by atoms with Crippen molar-refractivity contribution in [3.63, 3.8) is 0 Å². The van der Waals surface area contributed by atoms with E-state index >= 15 is 0 Å². The van der Waals surface area contributed by atoms with Gasteiger partial charge in [0, 0.05) is 23.9 Å². The Balaban J connectivity index is 1.83. The van der Waals surface area contributed by atoms with E-state index in [0.29, 0.717) is 12.0 Å². The Morgan fingerprint density at radius 1 is 1.45 bits per heavy atom. The summed E-state index contributed by atoms with van der Waals surface area (Å²) in [5, 5.41) is 3.87. The molecule has 1 fully saturated rings. The normalized spacial score (nSPS) is 27.2. The van der Waals surface area contributed by atoms with Gasteiger partial charge in [0.1, 0.15) is 0 Å². The van der Waals surface area contributed by atoms with Gasteiger partial charge in [-0.3, -0.25) is 4.98 Å². The lowest BCUT2D eigenvalue weighted by Crippen LogP contribution is -2.43. The van der Waals surface area contributed by atoms with Crippen molar-refractivity contribution in [2.24, 2.45) is 5.92 Å². The van der Waals surface area contributed by atoms with Gasteiger partial charge < -0.3 is 5.32 Å². The quantitative estimate of drug-likeness (QED) is 0.896. The van der Waals surface area contributed by atoms with Crippen molar-refractivity contribution in [3.05, 3.63) is 29.6 Å². The molecule has 1 N–H and O–H groups in total. The summed E-state index contributed by atoms with van der Waals surface area (Å²) < 4.78 is 0. The molecule has 1 aliphatic heterocycles. The molecule has 0 amide bonds. The molecule has 2 nitrogen and oxygen atoms in total. The van der Waals surface area contributed by atoms with E-state index in [2.05, 4.69) is 36.1 Å². The van der Waals surface area contributed by atoms with Crippen molar-refractivity contribution in [2.75, 3.05) is 18.1 Å². The lowest BCUT2D eigenvalue weighted by atomic mass is 9.77. The molecule has 2 aliphatic rings. The molecule has 3 heteroatoms. The minimum Gasteiger partial charge on any atom is -0.313 e. The van der Waals surface area contributed by atoms with Crippen LogP contribution in [-0.2, 0) is 6.42 Å². The summed E-state index contributed by atoms with van der Waals surface area (Å²) in [6, 6.07) is 5.02. The first-order valence-electron chi connectivity index (χ1n) is 8.15. The van der Waals surface area contributed by atoms with E-state index in [1.165, 1.54) is 54.9 Å². The van der Waals surface area contributed by atoms with Gasteiger partial charge in [0.2, 0.25) is 0 Å². The van der Waals surface area contributed by atoms with Crippen molar-refractivity contribution in [1.82, 2.24) is 10.3 Å². The Morgan fingerprint density at radius 2 is 2.40 bits per heavy atom. The smallest absolute Gasteiger partial charge is 0.0482 e. The second kappa shape index (κ2) is 6.95. The molecule has 20 heavy (non-hydrogen) atoms. The first kappa shape index (κ1) is 14.4. The highest BCUT2D eigenvalue weighted by Crippen LogP contribution is 2.38. The second-order valence-corrected chi connectivity index (χ2v) is 7.30. The number of aromatic nitrogens is 1. The number of rotatable bonds is 5. The zero-order chi connectivity index (χ0) is 13.8. The number of aryl methyl sites for hydroxylation is 1. The fourth-order valence-electron chi connectivity index (χ4n) is 3.78. The van der Waals surface area contributed by atoms with Crippen LogP contribution in [0.1, 0.15) is 49.8 Å². The first-order valence-corrected chi connectivity index (χ1v) is 9.30. The molecule has 2 heterocycles. The molecule has 0 saturated carbocycles. The van der Waals surface area contributed by atoms with E-state index in [4.69, 9.17) is 4.98 Å². The molecule has 0 aromatic carbocycles. The largest absolute Gasteiger partial charge is 0.313 e. The van der Waals surface area contributed by atoms with E-state index < -0.39 is 0 Å². The maximum atomic E-state index is 4.75. The van der Waals surface area contributed by atoms with E-state index in [1.54, 1.807) is 0 Å².